The van der Waals surface area contributed by atoms with Crippen molar-refractivity contribution in [2.75, 3.05) is 5.32 Å². The highest BCUT2D eigenvalue weighted by Gasteiger charge is 2.25. The third-order valence-corrected chi connectivity index (χ3v) is 4.34. The molecule has 9 nitrogen and oxygen atoms in total. The Balaban J connectivity index is 1.70. The third-order valence-electron chi connectivity index (χ3n) is 4.34. The van der Waals surface area contributed by atoms with Gasteiger partial charge in [-0.1, -0.05) is 36.4 Å². The Morgan fingerprint density at radius 3 is 2.68 bits per heavy atom. The van der Waals surface area contributed by atoms with Crippen LogP contribution in [0, 0.1) is 10.1 Å². The van der Waals surface area contributed by atoms with Gasteiger partial charge in [0.15, 0.2) is 0 Å². The Labute approximate surface area is 158 Å². The number of aromatic amines is 1. The van der Waals surface area contributed by atoms with Crippen molar-refractivity contribution in [3.05, 3.63) is 87.2 Å². The van der Waals surface area contributed by atoms with Gasteiger partial charge in [-0.3, -0.25) is 19.3 Å². The topological polar surface area (TPSA) is 118 Å². The van der Waals surface area contributed by atoms with Gasteiger partial charge in [-0.15, -0.1) is 0 Å². The number of imidazole rings is 1. The van der Waals surface area contributed by atoms with E-state index in [-0.39, 0.29) is 5.82 Å². The monoisotopic (exact) mass is 376 g/mol. The van der Waals surface area contributed by atoms with Crippen molar-refractivity contribution in [1.29, 1.82) is 0 Å². The van der Waals surface area contributed by atoms with Crippen molar-refractivity contribution in [2.24, 2.45) is 0 Å². The third kappa shape index (κ3) is 3.09. The smallest absolute Gasteiger partial charge is 0.354 e. The summed E-state index contributed by atoms with van der Waals surface area (Å²) >= 11 is 0. The zero-order valence-corrected chi connectivity index (χ0v) is 14.9. The van der Waals surface area contributed by atoms with E-state index in [9.17, 15) is 14.9 Å². The molecule has 140 valence electrons. The zero-order chi connectivity index (χ0) is 19.7. The standard InChI is InChI=1S/C19H16N6O3/c1-12(17-20-11-14(22-17)13-7-3-2-4-8-13)21-18-16(25(27)28)19(26)24-10-6-5-9-15(24)23-18/h2-12,21H,1H3,(H,20,22). The molecule has 28 heavy (non-hydrogen) atoms. The quantitative estimate of drug-likeness (QED) is 0.408. The Bertz CT molecular complexity index is 1220. The average Bonchev–Trinajstić information content (AvgIpc) is 3.19. The normalized spacial score (nSPS) is 12.0. The lowest BCUT2D eigenvalue weighted by Crippen LogP contribution is -2.22. The predicted octanol–water partition coefficient (Wildman–Crippen LogP) is 3.17. The van der Waals surface area contributed by atoms with Gasteiger partial charge in [0.25, 0.3) is 0 Å². The first-order valence-electron chi connectivity index (χ1n) is 8.57. The second kappa shape index (κ2) is 6.95. The number of pyridine rings is 1. The highest BCUT2D eigenvalue weighted by Crippen LogP contribution is 2.24. The molecule has 0 aliphatic rings. The maximum atomic E-state index is 12.5. The van der Waals surface area contributed by atoms with Crippen LogP contribution in [-0.4, -0.2) is 24.3 Å². The van der Waals surface area contributed by atoms with E-state index in [0.29, 0.717) is 11.5 Å². The first-order valence-corrected chi connectivity index (χ1v) is 8.57. The number of benzene rings is 1. The summed E-state index contributed by atoms with van der Waals surface area (Å²) in [7, 11) is 0. The molecule has 3 aromatic heterocycles. The molecule has 4 aromatic rings. The summed E-state index contributed by atoms with van der Waals surface area (Å²) in [5.74, 6) is 0.481. The summed E-state index contributed by atoms with van der Waals surface area (Å²) in [4.78, 5) is 35.1. The van der Waals surface area contributed by atoms with Crippen LogP contribution >= 0.6 is 0 Å². The highest BCUT2D eigenvalue weighted by molar-refractivity contribution is 5.61. The molecule has 0 radical (unpaired) electrons. The van der Waals surface area contributed by atoms with Gasteiger partial charge in [0.2, 0.25) is 5.82 Å². The Hall–Kier alpha value is -4.01. The van der Waals surface area contributed by atoms with E-state index < -0.39 is 22.2 Å². The minimum Gasteiger partial charge on any atom is -0.354 e. The minimum atomic E-state index is -0.741. The molecule has 1 unspecified atom stereocenters. The molecule has 0 aliphatic heterocycles. The first kappa shape index (κ1) is 17.4. The molecule has 0 saturated heterocycles. The van der Waals surface area contributed by atoms with Gasteiger partial charge < -0.3 is 10.3 Å². The predicted molar refractivity (Wildman–Crippen MR) is 104 cm³/mol. The van der Waals surface area contributed by atoms with E-state index in [0.717, 1.165) is 15.7 Å². The van der Waals surface area contributed by atoms with Crippen LogP contribution in [0.5, 0.6) is 0 Å². The van der Waals surface area contributed by atoms with E-state index >= 15 is 0 Å². The number of fused-ring (bicyclic) bond motifs is 1. The van der Waals surface area contributed by atoms with Crippen LogP contribution in [-0.2, 0) is 0 Å². The lowest BCUT2D eigenvalue weighted by Gasteiger charge is -2.13. The Morgan fingerprint density at radius 1 is 1.18 bits per heavy atom. The van der Waals surface area contributed by atoms with Gasteiger partial charge in [-0.05, 0) is 24.6 Å². The molecule has 4 rings (SSSR count). The van der Waals surface area contributed by atoms with Crippen molar-refractivity contribution in [3.8, 4) is 11.3 Å². The molecule has 1 aromatic carbocycles. The van der Waals surface area contributed by atoms with Crippen molar-refractivity contribution in [3.63, 3.8) is 0 Å². The summed E-state index contributed by atoms with van der Waals surface area (Å²) in [6, 6.07) is 14.2. The number of nitrogens with one attached hydrogen (secondary N) is 2. The number of hydrogen-bond acceptors (Lipinski definition) is 6. The molecule has 3 heterocycles. The van der Waals surface area contributed by atoms with E-state index in [1.807, 2.05) is 30.3 Å². The summed E-state index contributed by atoms with van der Waals surface area (Å²) in [5, 5.41) is 14.4. The van der Waals surface area contributed by atoms with Crippen molar-refractivity contribution < 1.29 is 4.92 Å². The van der Waals surface area contributed by atoms with Crippen molar-refractivity contribution in [2.45, 2.75) is 13.0 Å². The molecular weight excluding hydrogens is 360 g/mol. The zero-order valence-electron chi connectivity index (χ0n) is 14.9. The molecule has 0 spiro atoms. The van der Waals surface area contributed by atoms with E-state index in [1.54, 1.807) is 31.3 Å². The number of H-pyrrole nitrogens is 1. The van der Waals surface area contributed by atoms with Crippen molar-refractivity contribution in [1.82, 2.24) is 19.4 Å². The van der Waals surface area contributed by atoms with Crippen LogP contribution in [0.1, 0.15) is 18.8 Å². The van der Waals surface area contributed by atoms with E-state index in [2.05, 4.69) is 20.3 Å². The number of rotatable bonds is 5. The number of hydrogen-bond donors (Lipinski definition) is 2. The fourth-order valence-electron chi connectivity index (χ4n) is 2.94. The largest absolute Gasteiger partial charge is 0.376 e. The average molecular weight is 376 g/mol. The molecule has 0 saturated carbocycles. The van der Waals surface area contributed by atoms with Gasteiger partial charge in [-0.25, -0.2) is 9.97 Å². The number of nitro groups is 1. The summed E-state index contributed by atoms with van der Waals surface area (Å²) in [6.45, 7) is 1.78. The SMILES string of the molecule is CC(Nc1nc2ccccn2c(=O)c1[N+](=O)[O-])c1ncc(-c2ccccc2)[nH]1. The maximum absolute atomic E-state index is 12.5. The summed E-state index contributed by atoms with van der Waals surface area (Å²) < 4.78 is 1.15. The molecular formula is C19H16N6O3. The van der Waals surface area contributed by atoms with Crippen LogP contribution < -0.4 is 10.9 Å². The summed E-state index contributed by atoms with van der Waals surface area (Å²) in [5.41, 5.74) is 0.768. The van der Waals surface area contributed by atoms with Gasteiger partial charge in [0.1, 0.15) is 11.5 Å². The van der Waals surface area contributed by atoms with E-state index in [4.69, 9.17) is 0 Å². The maximum Gasteiger partial charge on any atom is 0.376 e. The van der Waals surface area contributed by atoms with Crippen LogP contribution in [0.25, 0.3) is 16.9 Å². The lowest BCUT2D eigenvalue weighted by atomic mass is 10.2. The Morgan fingerprint density at radius 2 is 1.93 bits per heavy atom. The number of nitrogens with zero attached hydrogens (tertiary/aromatic N) is 4. The molecule has 9 heteroatoms. The molecule has 0 aliphatic carbocycles. The molecule has 1 atom stereocenters. The van der Waals surface area contributed by atoms with Gasteiger partial charge in [0.05, 0.1) is 22.9 Å². The van der Waals surface area contributed by atoms with Crippen LogP contribution in [0.15, 0.2) is 65.7 Å². The molecule has 0 amide bonds. The second-order valence-electron chi connectivity index (χ2n) is 6.21. The van der Waals surface area contributed by atoms with Crippen LogP contribution in [0.3, 0.4) is 0 Å². The fraction of sp³-hybridized carbons (Fsp3) is 0.105. The molecule has 0 fully saturated rings. The lowest BCUT2D eigenvalue weighted by molar-refractivity contribution is -0.385. The highest BCUT2D eigenvalue weighted by atomic mass is 16.6. The van der Waals surface area contributed by atoms with E-state index in [1.165, 1.54) is 6.20 Å². The first-order chi connectivity index (χ1) is 13.5. The fourth-order valence-corrected chi connectivity index (χ4v) is 2.94. The van der Waals surface area contributed by atoms with Crippen molar-refractivity contribution >= 4 is 17.2 Å². The molecule has 0 bridgehead atoms. The van der Waals surface area contributed by atoms with Gasteiger partial charge in [0, 0.05) is 6.20 Å². The van der Waals surface area contributed by atoms with Crippen LogP contribution in [0.4, 0.5) is 11.5 Å². The molecule has 2 N–H and O–H groups in total. The van der Waals surface area contributed by atoms with Gasteiger partial charge in [-0.2, -0.15) is 0 Å². The minimum absolute atomic E-state index is 0.0913. The summed E-state index contributed by atoms with van der Waals surface area (Å²) in [6.07, 6.45) is 3.14. The number of aromatic nitrogens is 4. The van der Waals surface area contributed by atoms with Gasteiger partial charge >= 0.3 is 11.2 Å². The number of anilines is 1. The Kier molecular flexibility index (Phi) is 4.32. The van der Waals surface area contributed by atoms with Crippen LogP contribution in [0.2, 0.25) is 0 Å². The second-order valence-corrected chi connectivity index (χ2v) is 6.21.